The Morgan fingerprint density at radius 2 is 2.00 bits per heavy atom. The summed E-state index contributed by atoms with van der Waals surface area (Å²) in [6, 6.07) is 5.97. The summed E-state index contributed by atoms with van der Waals surface area (Å²) in [6.45, 7) is 6.18. The number of esters is 1. The molecule has 104 valence electrons. The highest BCUT2D eigenvalue weighted by Gasteiger charge is 2.21. The molecule has 1 saturated heterocycles. The van der Waals surface area contributed by atoms with Gasteiger partial charge in [-0.1, -0.05) is 0 Å². The molecule has 0 N–H and O–H groups in total. The highest BCUT2D eigenvalue weighted by atomic mass is 127. The molecular formula is C14H19IN2O2. The van der Waals surface area contributed by atoms with E-state index in [2.05, 4.69) is 39.4 Å². The molecule has 0 bridgehead atoms. The van der Waals surface area contributed by atoms with Crippen LogP contribution in [-0.4, -0.2) is 50.7 Å². The van der Waals surface area contributed by atoms with E-state index in [4.69, 9.17) is 4.74 Å². The fraction of sp³-hybridized carbons (Fsp3) is 0.500. The Labute approximate surface area is 127 Å². The van der Waals surface area contributed by atoms with Gasteiger partial charge in [0.25, 0.3) is 0 Å². The molecule has 1 aliphatic heterocycles. The number of carbonyl (C=O) groups excluding carboxylic acids is 1. The van der Waals surface area contributed by atoms with Crippen molar-refractivity contribution >= 4 is 34.2 Å². The number of halogens is 1. The molecule has 1 aromatic carbocycles. The monoisotopic (exact) mass is 374 g/mol. The lowest BCUT2D eigenvalue weighted by Crippen LogP contribution is -2.45. The van der Waals surface area contributed by atoms with E-state index in [9.17, 15) is 4.79 Å². The smallest absolute Gasteiger partial charge is 0.340 e. The van der Waals surface area contributed by atoms with Gasteiger partial charge in [0.1, 0.15) is 0 Å². The third-order valence-corrected chi connectivity index (χ3v) is 3.97. The van der Waals surface area contributed by atoms with Crippen molar-refractivity contribution in [1.29, 1.82) is 0 Å². The minimum absolute atomic E-state index is 0.227. The minimum atomic E-state index is -0.227. The Bertz CT molecular complexity index is 457. The minimum Gasteiger partial charge on any atom is -0.462 e. The topological polar surface area (TPSA) is 32.8 Å². The second-order valence-electron chi connectivity index (χ2n) is 4.67. The first-order valence-electron chi connectivity index (χ1n) is 6.52. The zero-order valence-electron chi connectivity index (χ0n) is 11.4. The number of nitrogens with zero attached hydrogens (tertiary/aromatic N) is 2. The molecule has 0 aromatic heterocycles. The van der Waals surface area contributed by atoms with Gasteiger partial charge in [0.15, 0.2) is 0 Å². The Balaban J connectivity index is 2.26. The third kappa shape index (κ3) is 3.60. The molecule has 0 aliphatic carbocycles. The lowest BCUT2D eigenvalue weighted by molar-refractivity contribution is 0.0527. The van der Waals surface area contributed by atoms with Crippen molar-refractivity contribution in [3.63, 3.8) is 0 Å². The Kier molecular flexibility index (Phi) is 5.04. The van der Waals surface area contributed by atoms with E-state index in [0.29, 0.717) is 12.2 Å². The normalized spacial score (nSPS) is 16.5. The molecule has 1 aliphatic rings. The van der Waals surface area contributed by atoms with Gasteiger partial charge in [0, 0.05) is 29.7 Å². The van der Waals surface area contributed by atoms with Crippen LogP contribution in [0.25, 0.3) is 0 Å². The van der Waals surface area contributed by atoms with Crippen molar-refractivity contribution in [3.05, 3.63) is 27.3 Å². The molecule has 19 heavy (non-hydrogen) atoms. The molecular weight excluding hydrogens is 355 g/mol. The molecule has 4 nitrogen and oxygen atoms in total. The molecule has 0 spiro atoms. The van der Waals surface area contributed by atoms with Gasteiger partial charge in [-0.25, -0.2) is 4.79 Å². The van der Waals surface area contributed by atoms with E-state index in [1.54, 1.807) is 0 Å². The van der Waals surface area contributed by atoms with Crippen LogP contribution in [0.1, 0.15) is 17.3 Å². The molecule has 0 unspecified atom stereocenters. The summed E-state index contributed by atoms with van der Waals surface area (Å²) in [5.74, 6) is -0.227. The predicted octanol–water partition coefficient (Wildman–Crippen LogP) is 2.22. The van der Waals surface area contributed by atoms with Crippen molar-refractivity contribution in [2.75, 3.05) is 44.7 Å². The molecule has 2 rings (SSSR count). The van der Waals surface area contributed by atoms with E-state index in [-0.39, 0.29) is 5.97 Å². The number of benzene rings is 1. The van der Waals surface area contributed by atoms with Gasteiger partial charge in [-0.05, 0) is 54.8 Å². The maximum atomic E-state index is 12.1. The zero-order chi connectivity index (χ0) is 13.8. The summed E-state index contributed by atoms with van der Waals surface area (Å²) in [7, 11) is 2.12. The van der Waals surface area contributed by atoms with Crippen LogP contribution in [0, 0.1) is 3.57 Å². The first-order chi connectivity index (χ1) is 9.11. The molecule has 1 fully saturated rings. The summed E-state index contributed by atoms with van der Waals surface area (Å²) in [6.07, 6.45) is 0. The molecule has 0 radical (unpaired) electrons. The fourth-order valence-corrected chi connectivity index (χ4v) is 2.69. The number of piperazine rings is 1. The van der Waals surface area contributed by atoms with Crippen LogP contribution in [0.15, 0.2) is 18.2 Å². The molecule has 1 heterocycles. The van der Waals surface area contributed by atoms with Crippen molar-refractivity contribution in [2.24, 2.45) is 0 Å². The average Bonchev–Trinajstić information content (AvgIpc) is 2.40. The fourth-order valence-electron chi connectivity index (χ4n) is 2.20. The Morgan fingerprint density at radius 3 is 2.63 bits per heavy atom. The molecule has 5 heteroatoms. The van der Waals surface area contributed by atoms with E-state index in [1.807, 2.05) is 25.1 Å². The zero-order valence-corrected chi connectivity index (χ0v) is 13.5. The summed E-state index contributed by atoms with van der Waals surface area (Å²) < 4.78 is 6.21. The lowest BCUT2D eigenvalue weighted by atomic mass is 10.1. The van der Waals surface area contributed by atoms with Crippen molar-refractivity contribution in [1.82, 2.24) is 4.90 Å². The maximum absolute atomic E-state index is 12.1. The van der Waals surface area contributed by atoms with E-state index in [1.165, 1.54) is 0 Å². The van der Waals surface area contributed by atoms with Crippen LogP contribution in [0.5, 0.6) is 0 Å². The number of likely N-dealkylation sites (N-methyl/N-ethyl adjacent to an activating group) is 1. The van der Waals surface area contributed by atoms with Crippen LogP contribution < -0.4 is 4.90 Å². The number of carbonyl (C=O) groups is 1. The van der Waals surface area contributed by atoms with E-state index >= 15 is 0 Å². The quantitative estimate of drug-likeness (QED) is 0.600. The molecule has 1 aromatic rings. The maximum Gasteiger partial charge on any atom is 0.340 e. The van der Waals surface area contributed by atoms with Crippen molar-refractivity contribution < 1.29 is 9.53 Å². The second kappa shape index (κ2) is 6.56. The molecule has 0 amide bonds. The van der Waals surface area contributed by atoms with Gasteiger partial charge in [-0.2, -0.15) is 0 Å². The first-order valence-corrected chi connectivity index (χ1v) is 7.60. The van der Waals surface area contributed by atoms with Crippen LogP contribution in [0.3, 0.4) is 0 Å². The van der Waals surface area contributed by atoms with E-state index in [0.717, 1.165) is 35.4 Å². The van der Waals surface area contributed by atoms with Crippen LogP contribution in [-0.2, 0) is 4.74 Å². The number of hydrogen-bond acceptors (Lipinski definition) is 4. The van der Waals surface area contributed by atoms with Gasteiger partial charge in [0.05, 0.1) is 17.9 Å². The summed E-state index contributed by atoms with van der Waals surface area (Å²) in [5, 5.41) is 0. The summed E-state index contributed by atoms with van der Waals surface area (Å²) >= 11 is 2.22. The highest BCUT2D eigenvalue weighted by Crippen LogP contribution is 2.25. The molecule has 0 atom stereocenters. The van der Waals surface area contributed by atoms with Gasteiger partial charge >= 0.3 is 5.97 Å². The number of rotatable bonds is 3. The standard InChI is InChI=1S/C14H19IN2O2/c1-3-19-14(18)12-10-11(15)4-5-13(12)17-8-6-16(2)7-9-17/h4-5,10H,3,6-9H2,1-2H3. The van der Waals surface area contributed by atoms with Gasteiger partial charge < -0.3 is 14.5 Å². The van der Waals surface area contributed by atoms with Crippen LogP contribution >= 0.6 is 22.6 Å². The predicted molar refractivity (Wildman–Crippen MR) is 84.8 cm³/mol. The van der Waals surface area contributed by atoms with Crippen LogP contribution in [0.4, 0.5) is 5.69 Å². The van der Waals surface area contributed by atoms with Crippen molar-refractivity contribution in [2.45, 2.75) is 6.92 Å². The van der Waals surface area contributed by atoms with Crippen molar-refractivity contribution in [3.8, 4) is 0 Å². The number of ether oxygens (including phenoxy) is 1. The number of anilines is 1. The second-order valence-corrected chi connectivity index (χ2v) is 5.92. The average molecular weight is 374 g/mol. The Hall–Kier alpha value is -0.820. The Morgan fingerprint density at radius 1 is 1.32 bits per heavy atom. The van der Waals surface area contributed by atoms with Gasteiger partial charge in [-0.3, -0.25) is 0 Å². The first kappa shape index (κ1) is 14.6. The number of hydrogen-bond donors (Lipinski definition) is 0. The molecule has 0 saturated carbocycles. The van der Waals surface area contributed by atoms with Crippen LogP contribution in [0.2, 0.25) is 0 Å². The van der Waals surface area contributed by atoms with Gasteiger partial charge in [-0.15, -0.1) is 0 Å². The third-order valence-electron chi connectivity index (χ3n) is 3.30. The summed E-state index contributed by atoms with van der Waals surface area (Å²) in [4.78, 5) is 16.6. The largest absolute Gasteiger partial charge is 0.462 e. The lowest BCUT2D eigenvalue weighted by Gasteiger charge is -2.34. The van der Waals surface area contributed by atoms with Gasteiger partial charge in [0.2, 0.25) is 0 Å². The summed E-state index contributed by atoms with van der Waals surface area (Å²) in [5.41, 5.74) is 1.67. The highest BCUT2D eigenvalue weighted by molar-refractivity contribution is 14.1. The SMILES string of the molecule is CCOC(=O)c1cc(I)ccc1N1CCN(C)CC1. The van der Waals surface area contributed by atoms with E-state index < -0.39 is 0 Å².